The summed E-state index contributed by atoms with van der Waals surface area (Å²) in [5, 5.41) is 8.95. The molecule has 1 amide bonds. The predicted molar refractivity (Wildman–Crippen MR) is 52.0 cm³/mol. The molecule has 1 N–H and O–H groups in total. The van der Waals surface area contributed by atoms with Crippen molar-refractivity contribution in [1.29, 1.82) is 0 Å². The van der Waals surface area contributed by atoms with E-state index < -0.39 is 0 Å². The van der Waals surface area contributed by atoms with Crippen molar-refractivity contribution < 1.29 is 14.3 Å². The minimum atomic E-state index is 0.0895. The van der Waals surface area contributed by atoms with Gasteiger partial charge in [0.15, 0.2) is 6.39 Å². The van der Waals surface area contributed by atoms with E-state index in [1.165, 1.54) is 6.39 Å². The second kappa shape index (κ2) is 4.44. The molecule has 1 atom stereocenters. The summed E-state index contributed by atoms with van der Waals surface area (Å²) in [6, 6.07) is 0. The number of aliphatic hydroxyl groups is 1. The molecular formula is C10H14N2O3. The lowest BCUT2D eigenvalue weighted by Crippen LogP contribution is -2.27. The number of carbonyl (C=O) groups is 1. The Morgan fingerprint density at radius 3 is 3.13 bits per heavy atom. The first-order valence-corrected chi connectivity index (χ1v) is 5.05. The van der Waals surface area contributed by atoms with Crippen molar-refractivity contribution in [2.75, 3.05) is 19.7 Å². The van der Waals surface area contributed by atoms with Gasteiger partial charge in [0.05, 0.1) is 5.69 Å². The lowest BCUT2D eigenvalue weighted by atomic mass is 10.1. The Bertz CT molecular complexity index is 323. The monoisotopic (exact) mass is 210 g/mol. The quantitative estimate of drug-likeness (QED) is 0.763. The van der Waals surface area contributed by atoms with Crippen LogP contribution >= 0.6 is 0 Å². The van der Waals surface area contributed by atoms with Gasteiger partial charge in [-0.25, -0.2) is 4.98 Å². The highest BCUT2D eigenvalue weighted by Crippen LogP contribution is 2.17. The van der Waals surface area contributed by atoms with Crippen LogP contribution in [0.4, 0.5) is 0 Å². The number of likely N-dealkylation sites (tertiary alicyclic amines) is 1. The van der Waals surface area contributed by atoms with Crippen LogP contribution in [0.15, 0.2) is 17.1 Å². The summed E-state index contributed by atoms with van der Waals surface area (Å²) < 4.78 is 4.84. The first-order chi connectivity index (χ1) is 7.29. The van der Waals surface area contributed by atoms with Crippen molar-refractivity contribution >= 4 is 5.91 Å². The zero-order valence-electron chi connectivity index (χ0n) is 8.43. The molecule has 1 fully saturated rings. The summed E-state index contributed by atoms with van der Waals surface area (Å²) in [5.41, 5.74) is 0.857. The lowest BCUT2D eigenvalue weighted by molar-refractivity contribution is -0.127. The van der Waals surface area contributed by atoms with E-state index in [4.69, 9.17) is 9.52 Å². The average molecular weight is 210 g/mol. The average Bonchev–Trinajstić information content (AvgIpc) is 2.84. The van der Waals surface area contributed by atoms with Gasteiger partial charge in [0.1, 0.15) is 6.26 Å². The third kappa shape index (κ3) is 2.36. The number of aliphatic hydroxyl groups excluding tert-OH is 1. The highest BCUT2D eigenvalue weighted by molar-refractivity contribution is 5.78. The van der Waals surface area contributed by atoms with E-state index in [0.717, 1.165) is 5.69 Å². The van der Waals surface area contributed by atoms with Gasteiger partial charge in [0.25, 0.3) is 0 Å². The number of hydrogen-bond acceptors (Lipinski definition) is 4. The first-order valence-electron chi connectivity index (χ1n) is 5.05. The van der Waals surface area contributed by atoms with Gasteiger partial charge in [-0.3, -0.25) is 4.79 Å². The second-order valence-electron chi connectivity index (χ2n) is 3.82. The lowest BCUT2D eigenvalue weighted by Gasteiger charge is -2.14. The van der Waals surface area contributed by atoms with E-state index in [9.17, 15) is 4.79 Å². The van der Waals surface area contributed by atoms with Crippen molar-refractivity contribution in [3.63, 3.8) is 0 Å². The van der Waals surface area contributed by atoms with E-state index in [2.05, 4.69) is 4.98 Å². The second-order valence-corrected chi connectivity index (χ2v) is 3.82. The summed E-state index contributed by atoms with van der Waals surface area (Å²) in [6.45, 7) is 1.40. The van der Waals surface area contributed by atoms with Gasteiger partial charge < -0.3 is 14.4 Å². The first kappa shape index (κ1) is 10.2. The zero-order valence-corrected chi connectivity index (χ0v) is 8.43. The molecule has 82 valence electrons. The molecule has 0 aromatic carbocycles. The largest absolute Gasteiger partial charge is 0.451 e. The molecule has 0 spiro atoms. The van der Waals surface area contributed by atoms with E-state index in [-0.39, 0.29) is 18.4 Å². The van der Waals surface area contributed by atoms with E-state index in [0.29, 0.717) is 25.9 Å². The van der Waals surface area contributed by atoms with E-state index in [1.54, 1.807) is 11.2 Å². The molecular weight excluding hydrogens is 196 g/mol. The van der Waals surface area contributed by atoms with Gasteiger partial charge in [-0.1, -0.05) is 0 Å². The van der Waals surface area contributed by atoms with Gasteiger partial charge >= 0.3 is 0 Å². The number of rotatable bonds is 4. The summed E-state index contributed by atoms with van der Waals surface area (Å²) in [7, 11) is 0. The highest BCUT2D eigenvalue weighted by Gasteiger charge is 2.28. The van der Waals surface area contributed by atoms with Crippen LogP contribution in [0, 0.1) is 5.92 Å². The highest BCUT2D eigenvalue weighted by atomic mass is 16.3. The summed E-state index contributed by atoms with van der Waals surface area (Å²) >= 11 is 0. The van der Waals surface area contributed by atoms with Crippen LogP contribution in [0.25, 0.3) is 0 Å². The van der Waals surface area contributed by atoms with E-state index in [1.807, 2.05) is 0 Å². The molecule has 5 heteroatoms. The molecule has 5 nitrogen and oxygen atoms in total. The van der Waals surface area contributed by atoms with Crippen molar-refractivity contribution in [2.24, 2.45) is 5.92 Å². The summed E-state index contributed by atoms with van der Waals surface area (Å²) in [4.78, 5) is 17.2. The number of amides is 1. The van der Waals surface area contributed by atoms with Crippen molar-refractivity contribution in [3.05, 3.63) is 18.4 Å². The van der Waals surface area contributed by atoms with Gasteiger partial charge in [0.2, 0.25) is 5.91 Å². The molecule has 2 rings (SSSR count). The summed E-state index contributed by atoms with van der Waals surface area (Å²) in [6.07, 6.45) is 4.15. The number of oxazole rings is 1. The fourth-order valence-electron chi connectivity index (χ4n) is 1.80. The van der Waals surface area contributed by atoms with Crippen molar-refractivity contribution in [2.45, 2.75) is 12.8 Å². The van der Waals surface area contributed by atoms with Gasteiger partial charge in [-0.2, -0.15) is 0 Å². The minimum absolute atomic E-state index is 0.0895. The molecule has 0 aliphatic carbocycles. The van der Waals surface area contributed by atoms with Gasteiger partial charge in [-0.05, 0) is 0 Å². The Balaban J connectivity index is 1.83. The Labute approximate surface area is 87.7 Å². The van der Waals surface area contributed by atoms with E-state index >= 15 is 0 Å². The fourth-order valence-corrected chi connectivity index (χ4v) is 1.80. The smallest absolute Gasteiger partial charge is 0.223 e. The van der Waals surface area contributed by atoms with Crippen molar-refractivity contribution in [3.8, 4) is 0 Å². The predicted octanol–water partition coefficient (Wildman–Crippen LogP) is 0.0579. The third-order valence-electron chi connectivity index (χ3n) is 2.67. The Morgan fingerprint density at radius 1 is 1.67 bits per heavy atom. The molecule has 0 bridgehead atoms. The molecule has 1 aliphatic heterocycles. The van der Waals surface area contributed by atoms with Crippen LogP contribution < -0.4 is 0 Å². The maximum absolute atomic E-state index is 11.5. The number of carbonyl (C=O) groups excluding carboxylic acids is 1. The van der Waals surface area contributed by atoms with Crippen LogP contribution in [0.1, 0.15) is 12.1 Å². The fraction of sp³-hybridized carbons (Fsp3) is 0.600. The molecule has 1 aromatic rings. The normalized spacial score (nSPS) is 21.3. The minimum Gasteiger partial charge on any atom is -0.451 e. The SMILES string of the molecule is O=C1CC(CO)CN1CCc1cocn1. The molecule has 0 saturated carbocycles. The Kier molecular flexibility index (Phi) is 3.01. The standard InChI is InChI=1S/C10H14N2O3/c13-5-8-3-10(14)12(4-8)2-1-9-6-15-7-11-9/h6-8,13H,1-5H2. The summed E-state index contributed by atoms with van der Waals surface area (Å²) in [5.74, 6) is 0.229. The van der Waals surface area contributed by atoms with Crippen LogP contribution in [0.3, 0.4) is 0 Å². The molecule has 15 heavy (non-hydrogen) atoms. The van der Waals surface area contributed by atoms with Gasteiger partial charge in [0, 0.05) is 38.5 Å². The number of aromatic nitrogens is 1. The zero-order chi connectivity index (χ0) is 10.7. The molecule has 2 heterocycles. The molecule has 0 radical (unpaired) electrons. The third-order valence-corrected chi connectivity index (χ3v) is 2.67. The number of nitrogens with zero attached hydrogens (tertiary/aromatic N) is 2. The molecule has 1 unspecified atom stereocenters. The van der Waals surface area contributed by atoms with Crippen molar-refractivity contribution in [1.82, 2.24) is 9.88 Å². The Morgan fingerprint density at radius 2 is 2.53 bits per heavy atom. The van der Waals surface area contributed by atoms with Crippen LogP contribution in [-0.2, 0) is 11.2 Å². The topological polar surface area (TPSA) is 66.6 Å². The maximum atomic E-state index is 11.5. The Hall–Kier alpha value is -1.36. The molecule has 1 aromatic heterocycles. The molecule has 1 saturated heterocycles. The van der Waals surface area contributed by atoms with Crippen LogP contribution in [0.5, 0.6) is 0 Å². The molecule has 1 aliphatic rings. The van der Waals surface area contributed by atoms with Gasteiger partial charge in [-0.15, -0.1) is 0 Å². The maximum Gasteiger partial charge on any atom is 0.223 e. The van der Waals surface area contributed by atoms with Crippen LogP contribution in [0.2, 0.25) is 0 Å². The van der Waals surface area contributed by atoms with Crippen LogP contribution in [-0.4, -0.2) is 40.6 Å². The number of hydrogen-bond donors (Lipinski definition) is 1.